The van der Waals surface area contributed by atoms with E-state index < -0.39 is 11.6 Å². The van der Waals surface area contributed by atoms with Gasteiger partial charge < -0.3 is 5.32 Å². The number of nitrogens with one attached hydrogen (secondary N) is 1. The summed E-state index contributed by atoms with van der Waals surface area (Å²) in [6.07, 6.45) is 2.32. The molecule has 2 aliphatic rings. The second-order valence-corrected chi connectivity index (χ2v) is 8.58. The molecule has 0 saturated carbocycles. The van der Waals surface area contributed by atoms with Crippen LogP contribution in [0.5, 0.6) is 0 Å². The molecule has 8 heteroatoms. The highest BCUT2D eigenvalue weighted by atomic mass is 35.5. The minimum atomic E-state index is -1.00. The maximum Gasteiger partial charge on any atom is 0.325 e. The van der Waals surface area contributed by atoms with Crippen molar-refractivity contribution < 1.29 is 14.4 Å². The first kappa shape index (κ1) is 15.8. The topological polar surface area (TPSA) is 66.5 Å². The van der Waals surface area contributed by atoms with Crippen LogP contribution in [0.2, 0.25) is 4.34 Å². The lowest BCUT2D eigenvalue weighted by Crippen LogP contribution is -2.46. The molecule has 1 fully saturated rings. The van der Waals surface area contributed by atoms with Crippen LogP contribution in [0.3, 0.4) is 0 Å². The van der Waals surface area contributed by atoms with Crippen LogP contribution in [0, 0.1) is 0 Å². The van der Waals surface area contributed by atoms with Crippen molar-refractivity contribution in [1.29, 1.82) is 0 Å². The molecule has 1 N–H and O–H groups in total. The van der Waals surface area contributed by atoms with Crippen molar-refractivity contribution in [2.24, 2.45) is 0 Å². The van der Waals surface area contributed by atoms with Gasteiger partial charge in [-0.1, -0.05) is 11.6 Å². The standard InChI is InChI=1S/C16H13ClN2O3S2/c17-13-4-3-12(24-13)10(20)8-19-14(21)16(18-15(19)22)6-1-2-11-9(16)5-7-23-11/h3-5,7H,1-2,6,8H2,(H,18,22)/t16-/m1/s1. The van der Waals surface area contributed by atoms with E-state index >= 15 is 0 Å². The molecular formula is C16H13ClN2O3S2. The molecule has 0 bridgehead atoms. The van der Waals surface area contributed by atoms with Crippen LogP contribution in [0.15, 0.2) is 23.6 Å². The Kier molecular flexibility index (Phi) is 3.74. The van der Waals surface area contributed by atoms with Crippen molar-refractivity contribution in [3.63, 3.8) is 0 Å². The van der Waals surface area contributed by atoms with E-state index in [1.54, 1.807) is 23.5 Å². The summed E-state index contributed by atoms with van der Waals surface area (Å²) in [5, 5.41) is 4.79. The fraction of sp³-hybridized carbons (Fsp3) is 0.312. The van der Waals surface area contributed by atoms with E-state index in [1.165, 1.54) is 0 Å². The summed E-state index contributed by atoms with van der Waals surface area (Å²) in [4.78, 5) is 40.3. The molecule has 1 saturated heterocycles. The highest BCUT2D eigenvalue weighted by Gasteiger charge is 2.54. The van der Waals surface area contributed by atoms with Gasteiger partial charge in [0.25, 0.3) is 5.91 Å². The number of aryl methyl sites for hydroxylation is 1. The van der Waals surface area contributed by atoms with Gasteiger partial charge in [-0.25, -0.2) is 4.79 Å². The van der Waals surface area contributed by atoms with E-state index in [0.717, 1.165) is 39.5 Å². The van der Waals surface area contributed by atoms with Crippen LogP contribution < -0.4 is 5.32 Å². The highest BCUT2D eigenvalue weighted by Crippen LogP contribution is 2.42. The number of amides is 3. The predicted octanol–water partition coefficient (Wildman–Crippen LogP) is 3.43. The number of hydrogen-bond acceptors (Lipinski definition) is 5. The Morgan fingerprint density at radius 2 is 2.17 bits per heavy atom. The Morgan fingerprint density at radius 1 is 1.33 bits per heavy atom. The molecule has 3 amide bonds. The van der Waals surface area contributed by atoms with Gasteiger partial charge in [0.2, 0.25) is 0 Å². The van der Waals surface area contributed by atoms with Gasteiger partial charge in [-0.05, 0) is 42.8 Å². The Bertz CT molecular complexity index is 859. The monoisotopic (exact) mass is 380 g/mol. The lowest BCUT2D eigenvalue weighted by Gasteiger charge is -2.31. The average molecular weight is 381 g/mol. The molecular weight excluding hydrogens is 368 g/mol. The van der Waals surface area contributed by atoms with Gasteiger partial charge in [0, 0.05) is 10.4 Å². The van der Waals surface area contributed by atoms with Crippen molar-refractivity contribution in [2.45, 2.75) is 24.8 Å². The number of urea groups is 1. The number of imide groups is 1. The maximum atomic E-state index is 13.0. The summed E-state index contributed by atoms with van der Waals surface area (Å²) < 4.78 is 0.502. The lowest BCUT2D eigenvalue weighted by molar-refractivity contribution is -0.131. The molecule has 2 aromatic rings. The van der Waals surface area contributed by atoms with Gasteiger partial charge in [0.1, 0.15) is 5.54 Å². The highest BCUT2D eigenvalue weighted by molar-refractivity contribution is 7.18. The van der Waals surface area contributed by atoms with E-state index in [2.05, 4.69) is 5.32 Å². The molecule has 1 aliphatic carbocycles. The largest absolute Gasteiger partial charge is 0.325 e. The number of thiophene rings is 2. The van der Waals surface area contributed by atoms with Crippen LogP contribution in [0.25, 0.3) is 0 Å². The molecule has 0 aromatic carbocycles. The van der Waals surface area contributed by atoms with E-state index in [1.807, 2.05) is 11.4 Å². The predicted molar refractivity (Wildman–Crippen MR) is 92.8 cm³/mol. The summed E-state index contributed by atoms with van der Waals surface area (Å²) in [5.41, 5.74) is -0.121. The number of hydrogen-bond donors (Lipinski definition) is 1. The molecule has 3 heterocycles. The zero-order valence-corrected chi connectivity index (χ0v) is 14.9. The first-order valence-corrected chi connectivity index (χ1v) is 9.58. The van der Waals surface area contributed by atoms with Crippen molar-refractivity contribution in [3.05, 3.63) is 43.2 Å². The minimum Gasteiger partial charge on any atom is -0.319 e. The van der Waals surface area contributed by atoms with Crippen molar-refractivity contribution in [2.75, 3.05) is 6.54 Å². The molecule has 0 radical (unpaired) electrons. The first-order chi connectivity index (χ1) is 11.5. The van der Waals surface area contributed by atoms with Crippen molar-refractivity contribution in [3.8, 4) is 0 Å². The average Bonchev–Trinajstić information content (AvgIpc) is 3.24. The Hall–Kier alpha value is -1.70. The summed E-state index contributed by atoms with van der Waals surface area (Å²) in [6, 6.07) is 4.64. The summed E-state index contributed by atoms with van der Waals surface area (Å²) in [7, 11) is 0. The number of carbonyl (C=O) groups excluding carboxylic acids is 3. The third kappa shape index (κ3) is 2.30. The van der Waals surface area contributed by atoms with Gasteiger partial charge in [-0.3, -0.25) is 14.5 Å². The summed E-state index contributed by atoms with van der Waals surface area (Å²) in [5.74, 6) is -0.614. The molecule has 1 spiro atoms. The second-order valence-electron chi connectivity index (χ2n) is 5.86. The molecule has 2 aromatic heterocycles. The number of rotatable bonds is 3. The fourth-order valence-corrected chi connectivity index (χ4v) is 5.34. The zero-order chi connectivity index (χ0) is 16.9. The minimum absolute atomic E-state index is 0.261. The van der Waals surface area contributed by atoms with E-state index in [-0.39, 0.29) is 18.2 Å². The van der Waals surface area contributed by atoms with Gasteiger partial charge in [-0.2, -0.15) is 0 Å². The number of nitrogens with zero attached hydrogens (tertiary/aromatic N) is 1. The molecule has 0 unspecified atom stereocenters. The molecule has 1 aliphatic heterocycles. The number of carbonyl (C=O) groups is 3. The normalized spacial score (nSPS) is 22.8. The maximum absolute atomic E-state index is 13.0. The Labute approximate surface area is 151 Å². The summed E-state index contributed by atoms with van der Waals surface area (Å²) >= 11 is 8.60. The van der Waals surface area contributed by atoms with Crippen molar-refractivity contribution in [1.82, 2.24) is 10.2 Å². The van der Waals surface area contributed by atoms with Crippen LogP contribution in [0.4, 0.5) is 4.79 Å². The van der Waals surface area contributed by atoms with Crippen LogP contribution in [-0.4, -0.2) is 29.2 Å². The number of Topliss-reactive ketones (excluding diaryl/α,β-unsaturated/α-hetero) is 1. The molecule has 24 heavy (non-hydrogen) atoms. The molecule has 124 valence electrons. The molecule has 1 atom stereocenters. The SMILES string of the molecule is O=C(CN1C(=O)N[C@@]2(CCCc3sccc32)C1=O)c1ccc(Cl)s1. The van der Waals surface area contributed by atoms with Gasteiger partial charge in [0.15, 0.2) is 5.78 Å². The first-order valence-electron chi connectivity index (χ1n) is 7.51. The Morgan fingerprint density at radius 3 is 2.92 bits per heavy atom. The van der Waals surface area contributed by atoms with Gasteiger partial charge in [0.05, 0.1) is 15.8 Å². The number of ketones is 1. The summed E-state index contributed by atoms with van der Waals surface area (Å²) in [6.45, 7) is -0.261. The Balaban J connectivity index is 1.62. The third-order valence-electron chi connectivity index (χ3n) is 4.49. The van der Waals surface area contributed by atoms with Gasteiger partial charge in [-0.15, -0.1) is 22.7 Å². The lowest BCUT2D eigenvalue weighted by atomic mass is 9.80. The van der Waals surface area contributed by atoms with E-state index in [4.69, 9.17) is 11.6 Å². The second kappa shape index (κ2) is 5.68. The quantitative estimate of drug-likeness (QED) is 0.655. The van der Waals surface area contributed by atoms with E-state index in [0.29, 0.717) is 15.6 Å². The smallest absolute Gasteiger partial charge is 0.319 e. The van der Waals surface area contributed by atoms with Gasteiger partial charge >= 0.3 is 6.03 Å². The van der Waals surface area contributed by atoms with Crippen LogP contribution >= 0.6 is 34.3 Å². The van der Waals surface area contributed by atoms with Crippen LogP contribution in [-0.2, 0) is 16.8 Å². The van der Waals surface area contributed by atoms with E-state index in [9.17, 15) is 14.4 Å². The zero-order valence-electron chi connectivity index (χ0n) is 12.5. The fourth-order valence-electron chi connectivity index (χ4n) is 3.37. The van der Waals surface area contributed by atoms with Crippen molar-refractivity contribution >= 4 is 52.0 Å². The number of fused-ring (bicyclic) bond motifs is 2. The third-order valence-corrected chi connectivity index (χ3v) is 6.74. The van der Waals surface area contributed by atoms with Crippen LogP contribution in [0.1, 0.15) is 33.0 Å². The molecule has 4 rings (SSSR count). The molecule has 5 nitrogen and oxygen atoms in total. The number of halogens is 1.